The van der Waals surface area contributed by atoms with Crippen molar-refractivity contribution in [3.05, 3.63) is 40.8 Å². The van der Waals surface area contributed by atoms with Gasteiger partial charge in [0.25, 0.3) is 0 Å². The Morgan fingerprint density at radius 3 is 2.83 bits per heavy atom. The van der Waals surface area contributed by atoms with Gasteiger partial charge in [-0.1, -0.05) is 6.07 Å². The monoisotopic (exact) mass is 156 g/mol. The maximum atomic E-state index is 5.18. The van der Waals surface area contributed by atoms with E-state index in [9.17, 15) is 0 Å². The van der Waals surface area contributed by atoms with Gasteiger partial charge >= 0.3 is 0 Å². The lowest BCUT2D eigenvalue weighted by Gasteiger charge is -1.98. The second-order valence-corrected chi connectivity index (χ2v) is 2.50. The molecule has 1 heteroatoms. The molecule has 12 heavy (non-hydrogen) atoms. The number of rotatable bonds is 1. The Morgan fingerprint density at radius 2 is 2.00 bits per heavy atom. The molecule has 0 aliphatic heterocycles. The summed E-state index contributed by atoms with van der Waals surface area (Å²) in [6, 6.07) is 5.87. The third kappa shape index (κ3) is 0.981. The SMILES string of the molecule is COc1cccc2c1=C=CC=C=2. The predicted molar refractivity (Wildman–Crippen MR) is 48.2 cm³/mol. The first-order valence-corrected chi connectivity index (χ1v) is 3.77. The molecule has 1 aliphatic rings. The number of hydrogen-bond acceptors (Lipinski definition) is 1. The Balaban J connectivity index is 2.98. The van der Waals surface area contributed by atoms with Crippen LogP contribution in [0.4, 0.5) is 0 Å². The molecule has 0 amide bonds. The van der Waals surface area contributed by atoms with E-state index in [1.165, 1.54) is 0 Å². The van der Waals surface area contributed by atoms with E-state index in [1.807, 2.05) is 30.4 Å². The van der Waals surface area contributed by atoms with Crippen LogP contribution in [0.1, 0.15) is 0 Å². The molecule has 1 nitrogen and oxygen atoms in total. The van der Waals surface area contributed by atoms with Crippen molar-refractivity contribution in [2.45, 2.75) is 0 Å². The van der Waals surface area contributed by atoms with Crippen LogP contribution >= 0.6 is 0 Å². The molecular formula is C11H8O. The summed E-state index contributed by atoms with van der Waals surface area (Å²) < 4.78 is 5.18. The molecule has 0 bridgehead atoms. The summed E-state index contributed by atoms with van der Waals surface area (Å²) in [5, 5.41) is 2.03. The minimum Gasteiger partial charge on any atom is -0.495 e. The fourth-order valence-electron chi connectivity index (χ4n) is 1.23. The Labute approximate surface area is 70.6 Å². The maximum Gasteiger partial charge on any atom is 0.135 e. The van der Waals surface area contributed by atoms with Gasteiger partial charge in [-0.25, -0.2) is 0 Å². The molecule has 0 N–H and O–H groups in total. The Kier molecular flexibility index (Phi) is 1.60. The highest BCUT2D eigenvalue weighted by atomic mass is 16.5. The molecule has 0 atom stereocenters. The molecule has 1 aromatic rings. The molecule has 0 saturated carbocycles. The Hall–Kier alpha value is -1.68. The van der Waals surface area contributed by atoms with Crippen molar-refractivity contribution in [2.24, 2.45) is 0 Å². The van der Waals surface area contributed by atoms with Crippen molar-refractivity contribution in [1.82, 2.24) is 0 Å². The maximum absolute atomic E-state index is 5.18. The second-order valence-electron chi connectivity index (χ2n) is 2.50. The number of allylic oxidation sites excluding steroid dienone is 2. The minimum absolute atomic E-state index is 0.851. The van der Waals surface area contributed by atoms with E-state index in [0.29, 0.717) is 0 Å². The first-order chi connectivity index (χ1) is 5.92. The summed E-state index contributed by atoms with van der Waals surface area (Å²) >= 11 is 0. The molecule has 0 fully saturated rings. The van der Waals surface area contributed by atoms with Gasteiger partial charge in [0.1, 0.15) is 5.75 Å². The van der Waals surface area contributed by atoms with Gasteiger partial charge < -0.3 is 4.74 Å². The van der Waals surface area contributed by atoms with E-state index in [2.05, 4.69) is 11.5 Å². The van der Waals surface area contributed by atoms with Gasteiger partial charge in [0.05, 0.1) is 12.3 Å². The van der Waals surface area contributed by atoms with Gasteiger partial charge in [-0.15, -0.1) is 11.5 Å². The standard InChI is InChI=1S/C11H8O/c1-12-11-8-4-6-9-5-2-3-7-10(9)11/h2-4,6,8H,1H3. The highest BCUT2D eigenvalue weighted by Crippen LogP contribution is 1.97. The zero-order valence-corrected chi connectivity index (χ0v) is 6.79. The molecule has 0 radical (unpaired) electrons. The summed E-state index contributed by atoms with van der Waals surface area (Å²) in [5.41, 5.74) is 6.23. The summed E-state index contributed by atoms with van der Waals surface area (Å²) in [7, 11) is 1.66. The third-order valence-electron chi connectivity index (χ3n) is 1.80. The number of hydrogen-bond donors (Lipinski definition) is 0. The van der Waals surface area contributed by atoms with Crippen LogP contribution in [0.25, 0.3) is 11.5 Å². The van der Waals surface area contributed by atoms with Crippen LogP contribution in [-0.2, 0) is 0 Å². The van der Waals surface area contributed by atoms with Crippen molar-refractivity contribution in [3.8, 4) is 5.75 Å². The van der Waals surface area contributed by atoms with Crippen LogP contribution in [-0.4, -0.2) is 7.11 Å². The second kappa shape index (κ2) is 2.75. The topological polar surface area (TPSA) is 9.23 Å². The molecule has 0 heterocycles. The lowest BCUT2D eigenvalue weighted by molar-refractivity contribution is 0.411. The highest BCUT2D eigenvalue weighted by Gasteiger charge is 1.94. The van der Waals surface area contributed by atoms with Crippen LogP contribution in [0.15, 0.2) is 30.4 Å². The first-order valence-electron chi connectivity index (χ1n) is 3.77. The smallest absolute Gasteiger partial charge is 0.135 e. The van der Waals surface area contributed by atoms with Crippen molar-refractivity contribution < 1.29 is 4.74 Å². The summed E-state index contributed by atoms with van der Waals surface area (Å²) in [4.78, 5) is 0. The summed E-state index contributed by atoms with van der Waals surface area (Å²) in [5.74, 6) is 0.851. The largest absolute Gasteiger partial charge is 0.495 e. The highest BCUT2D eigenvalue weighted by molar-refractivity contribution is 5.44. The van der Waals surface area contributed by atoms with Crippen molar-refractivity contribution in [3.63, 3.8) is 0 Å². The van der Waals surface area contributed by atoms with Gasteiger partial charge in [0, 0.05) is 5.22 Å². The van der Waals surface area contributed by atoms with Crippen LogP contribution in [0.5, 0.6) is 5.75 Å². The molecule has 2 rings (SSSR count). The van der Waals surface area contributed by atoms with Crippen LogP contribution < -0.4 is 15.2 Å². The van der Waals surface area contributed by atoms with Crippen LogP contribution in [0, 0.1) is 0 Å². The summed E-state index contributed by atoms with van der Waals surface area (Å²) in [6.07, 6.45) is 3.69. The Bertz CT molecular complexity index is 484. The Morgan fingerprint density at radius 1 is 1.17 bits per heavy atom. The lowest BCUT2D eigenvalue weighted by atomic mass is 10.2. The van der Waals surface area contributed by atoms with Crippen LogP contribution in [0.3, 0.4) is 0 Å². The molecule has 0 saturated heterocycles. The first kappa shape index (κ1) is 7.00. The van der Waals surface area contributed by atoms with E-state index >= 15 is 0 Å². The average molecular weight is 156 g/mol. The number of fused-ring (bicyclic) bond motifs is 1. The molecule has 0 unspecified atom stereocenters. The number of benzene rings is 1. The zero-order valence-electron chi connectivity index (χ0n) is 6.79. The predicted octanol–water partition coefficient (Wildman–Crippen LogP) is 0.580. The van der Waals surface area contributed by atoms with E-state index < -0.39 is 0 Å². The fourth-order valence-corrected chi connectivity index (χ4v) is 1.23. The van der Waals surface area contributed by atoms with E-state index in [0.717, 1.165) is 16.2 Å². The molecule has 58 valence electrons. The van der Waals surface area contributed by atoms with Gasteiger partial charge in [0.15, 0.2) is 0 Å². The summed E-state index contributed by atoms with van der Waals surface area (Å²) in [6.45, 7) is 0. The quantitative estimate of drug-likeness (QED) is 0.578. The fraction of sp³-hybridized carbons (Fsp3) is 0.0909. The van der Waals surface area contributed by atoms with Crippen LogP contribution in [0.2, 0.25) is 0 Å². The van der Waals surface area contributed by atoms with Crippen molar-refractivity contribution >= 4 is 11.5 Å². The number of ether oxygens (including phenoxy) is 1. The molecular weight excluding hydrogens is 148 g/mol. The number of methoxy groups -OCH3 is 1. The van der Waals surface area contributed by atoms with Crippen molar-refractivity contribution in [2.75, 3.05) is 7.11 Å². The van der Waals surface area contributed by atoms with E-state index in [4.69, 9.17) is 4.74 Å². The van der Waals surface area contributed by atoms with Gasteiger partial charge in [0.2, 0.25) is 0 Å². The zero-order chi connectivity index (χ0) is 8.39. The van der Waals surface area contributed by atoms with Gasteiger partial charge in [-0.2, -0.15) is 0 Å². The van der Waals surface area contributed by atoms with Crippen molar-refractivity contribution in [1.29, 1.82) is 0 Å². The molecule has 1 aromatic carbocycles. The molecule has 0 spiro atoms. The van der Waals surface area contributed by atoms with E-state index in [-0.39, 0.29) is 0 Å². The molecule has 1 aliphatic carbocycles. The molecule has 0 aromatic heterocycles. The average Bonchev–Trinajstić information content (AvgIpc) is 2.17. The minimum atomic E-state index is 0.851. The van der Waals surface area contributed by atoms with Gasteiger partial charge in [-0.05, 0) is 24.3 Å². The normalized spacial score (nSPS) is 11.4. The third-order valence-corrected chi connectivity index (χ3v) is 1.80. The van der Waals surface area contributed by atoms with Gasteiger partial charge in [-0.3, -0.25) is 0 Å². The lowest BCUT2D eigenvalue weighted by Crippen LogP contribution is -2.24. The van der Waals surface area contributed by atoms with E-state index in [1.54, 1.807) is 7.11 Å².